The second-order valence-corrected chi connectivity index (χ2v) is 6.06. The van der Waals surface area contributed by atoms with Gasteiger partial charge in [-0.2, -0.15) is 0 Å². The number of carboxylic acid groups (broad SMARTS) is 1. The summed E-state index contributed by atoms with van der Waals surface area (Å²) in [6, 6.07) is -0.516. The molecule has 110 valence electrons. The van der Waals surface area contributed by atoms with Gasteiger partial charge >= 0.3 is 5.97 Å². The first-order valence-corrected chi connectivity index (χ1v) is 7.61. The van der Waals surface area contributed by atoms with Crippen LogP contribution in [0.3, 0.4) is 0 Å². The fourth-order valence-electron chi connectivity index (χ4n) is 2.44. The molecule has 7 heteroatoms. The molecule has 6 nitrogen and oxygen atoms in total. The highest BCUT2D eigenvalue weighted by molar-refractivity contribution is 7.09. The maximum absolute atomic E-state index is 12.1. The predicted octanol–water partition coefficient (Wildman–Crippen LogP) is 1.54. The van der Waals surface area contributed by atoms with Crippen LogP contribution in [0.1, 0.15) is 54.1 Å². The molecule has 0 saturated heterocycles. The van der Waals surface area contributed by atoms with E-state index in [1.165, 1.54) is 11.3 Å². The van der Waals surface area contributed by atoms with Crippen LogP contribution in [0.15, 0.2) is 5.38 Å². The van der Waals surface area contributed by atoms with E-state index in [-0.39, 0.29) is 18.0 Å². The Hall–Kier alpha value is -1.47. The van der Waals surface area contributed by atoms with E-state index in [1.807, 2.05) is 6.92 Å². The fraction of sp³-hybridized carbons (Fsp3) is 0.615. The molecule has 0 aromatic carbocycles. The van der Waals surface area contributed by atoms with E-state index in [0.29, 0.717) is 23.5 Å². The van der Waals surface area contributed by atoms with Gasteiger partial charge in [-0.1, -0.05) is 12.8 Å². The summed E-state index contributed by atoms with van der Waals surface area (Å²) < 4.78 is 0. The molecule has 3 atom stereocenters. The van der Waals surface area contributed by atoms with Crippen molar-refractivity contribution in [3.8, 4) is 0 Å². The second-order valence-electron chi connectivity index (χ2n) is 5.17. The lowest BCUT2D eigenvalue weighted by Gasteiger charge is -2.28. The molecule has 3 unspecified atom stereocenters. The average molecular weight is 297 g/mol. The normalized spacial score (nSPS) is 24.1. The molecule has 4 N–H and O–H groups in total. The molecule has 0 aliphatic heterocycles. The first kappa shape index (κ1) is 14.9. The minimum absolute atomic E-state index is 0.206. The molecule has 20 heavy (non-hydrogen) atoms. The number of carbonyl (C=O) groups is 2. The van der Waals surface area contributed by atoms with Crippen LogP contribution in [0.25, 0.3) is 0 Å². The van der Waals surface area contributed by atoms with E-state index >= 15 is 0 Å². The standard InChI is InChI=1S/C13H19N3O3S/c1-7(14)12-16-10(6-20-12)11(17)15-9-5-3-2-4-8(9)13(18)19/h6-9H,2-5,14H2,1H3,(H,15,17)(H,18,19). The van der Waals surface area contributed by atoms with Gasteiger partial charge in [-0.15, -0.1) is 11.3 Å². The van der Waals surface area contributed by atoms with Crippen molar-refractivity contribution < 1.29 is 14.7 Å². The van der Waals surface area contributed by atoms with Crippen molar-refractivity contribution in [2.75, 3.05) is 0 Å². The molecule has 1 aliphatic carbocycles. The Morgan fingerprint density at radius 1 is 1.50 bits per heavy atom. The van der Waals surface area contributed by atoms with Gasteiger partial charge in [-0.25, -0.2) is 4.98 Å². The molecule has 1 aromatic rings. The van der Waals surface area contributed by atoms with Gasteiger partial charge in [0.2, 0.25) is 0 Å². The molecular formula is C13H19N3O3S. The van der Waals surface area contributed by atoms with Gasteiger partial charge in [0.25, 0.3) is 5.91 Å². The molecule has 1 aliphatic rings. The number of hydrogen-bond donors (Lipinski definition) is 3. The zero-order valence-electron chi connectivity index (χ0n) is 11.3. The number of aromatic nitrogens is 1. The van der Waals surface area contributed by atoms with E-state index in [9.17, 15) is 14.7 Å². The van der Waals surface area contributed by atoms with Crippen LogP contribution in [0.4, 0.5) is 0 Å². The average Bonchev–Trinajstić information content (AvgIpc) is 2.89. The molecule has 0 spiro atoms. The molecule has 0 radical (unpaired) electrons. The summed E-state index contributed by atoms with van der Waals surface area (Å²) in [7, 11) is 0. The van der Waals surface area contributed by atoms with Crippen molar-refractivity contribution in [1.82, 2.24) is 10.3 Å². The fourth-order valence-corrected chi connectivity index (χ4v) is 3.20. The SMILES string of the molecule is CC(N)c1nc(C(=O)NC2CCCCC2C(=O)O)cs1. The van der Waals surface area contributed by atoms with Gasteiger partial charge in [0.1, 0.15) is 10.7 Å². The smallest absolute Gasteiger partial charge is 0.308 e. The Morgan fingerprint density at radius 3 is 2.80 bits per heavy atom. The molecule has 1 fully saturated rings. The Labute approximate surface area is 121 Å². The number of hydrogen-bond acceptors (Lipinski definition) is 5. The van der Waals surface area contributed by atoms with E-state index in [0.717, 1.165) is 12.8 Å². The number of aliphatic carboxylic acids is 1. The zero-order valence-corrected chi connectivity index (χ0v) is 12.2. The number of nitrogens with zero attached hydrogens (tertiary/aromatic N) is 1. The lowest BCUT2D eigenvalue weighted by atomic mass is 9.84. The van der Waals surface area contributed by atoms with Crippen LogP contribution in [0.2, 0.25) is 0 Å². The van der Waals surface area contributed by atoms with Crippen LogP contribution >= 0.6 is 11.3 Å². The van der Waals surface area contributed by atoms with E-state index in [4.69, 9.17) is 5.73 Å². The zero-order chi connectivity index (χ0) is 14.7. The van der Waals surface area contributed by atoms with E-state index < -0.39 is 11.9 Å². The van der Waals surface area contributed by atoms with Gasteiger partial charge in [-0.05, 0) is 19.8 Å². The van der Waals surface area contributed by atoms with Crippen molar-refractivity contribution in [2.45, 2.75) is 44.7 Å². The van der Waals surface area contributed by atoms with Crippen molar-refractivity contribution in [3.05, 3.63) is 16.1 Å². The van der Waals surface area contributed by atoms with Crippen molar-refractivity contribution in [3.63, 3.8) is 0 Å². The van der Waals surface area contributed by atoms with Gasteiger partial charge in [-0.3, -0.25) is 9.59 Å². The summed E-state index contributed by atoms with van der Waals surface area (Å²) in [5.74, 6) is -1.66. The lowest BCUT2D eigenvalue weighted by Crippen LogP contribution is -2.45. The highest BCUT2D eigenvalue weighted by atomic mass is 32.1. The van der Waals surface area contributed by atoms with Crippen LogP contribution < -0.4 is 11.1 Å². The predicted molar refractivity (Wildman–Crippen MR) is 75.6 cm³/mol. The largest absolute Gasteiger partial charge is 0.481 e. The van der Waals surface area contributed by atoms with Crippen LogP contribution in [-0.2, 0) is 4.79 Å². The van der Waals surface area contributed by atoms with Crippen molar-refractivity contribution in [1.29, 1.82) is 0 Å². The summed E-state index contributed by atoms with van der Waals surface area (Å²) in [5, 5.41) is 14.4. The highest BCUT2D eigenvalue weighted by Gasteiger charge is 2.32. The van der Waals surface area contributed by atoms with Crippen molar-refractivity contribution in [2.24, 2.45) is 11.7 Å². The number of nitrogens with two attached hydrogens (primary N) is 1. The second kappa shape index (κ2) is 6.32. The third-order valence-corrected chi connectivity index (χ3v) is 4.59. The van der Waals surface area contributed by atoms with Crippen LogP contribution in [0, 0.1) is 5.92 Å². The third kappa shape index (κ3) is 3.34. The first-order valence-electron chi connectivity index (χ1n) is 6.73. The lowest BCUT2D eigenvalue weighted by molar-refractivity contribution is -0.143. The number of carboxylic acids is 1. The Kier molecular flexibility index (Phi) is 4.72. The molecular weight excluding hydrogens is 278 g/mol. The first-order chi connectivity index (χ1) is 9.49. The Bertz CT molecular complexity index is 501. The monoisotopic (exact) mass is 297 g/mol. The number of carbonyl (C=O) groups excluding carboxylic acids is 1. The minimum Gasteiger partial charge on any atom is -0.481 e. The van der Waals surface area contributed by atoms with Gasteiger partial charge in [0, 0.05) is 11.4 Å². The summed E-state index contributed by atoms with van der Waals surface area (Å²) in [4.78, 5) is 27.5. The van der Waals surface area contributed by atoms with Crippen LogP contribution in [-0.4, -0.2) is 28.0 Å². The van der Waals surface area contributed by atoms with Gasteiger partial charge < -0.3 is 16.2 Å². The number of nitrogens with one attached hydrogen (secondary N) is 1. The molecule has 1 saturated carbocycles. The van der Waals surface area contributed by atoms with Crippen molar-refractivity contribution >= 4 is 23.2 Å². The quantitative estimate of drug-likeness (QED) is 0.781. The third-order valence-electron chi connectivity index (χ3n) is 3.54. The topological polar surface area (TPSA) is 105 Å². The summed E-state index contributed by atoms with van der Waals surface area (Å²) in [6.07, 6.45) is 3.15. The maximum atomic E-state index is 12.1. The van der Waals surface area contributed by atoms with Gasteiger partial charge in [0.15, 0.2) is 0 Å². The Morgan fingerprint density at radius 2 is 2.20 bits per heavy atom. The highest BCUT2D eigenvalue weighted by Crippen LogP contribution is 2.25. The molecule has 1 amide bonds. The van der Waals surface area contributed by atoms with Crippen LogP contribution in [0.5, 0.6) is 0 Å². The van der Waals surface area contributed by atoms with E-state index in [2.05, 4.69) is 10.3 Å². The summed E-state index contributed by atoms with van der Waals surface area (Å²) in [6.45, 7) is 1.81. The van der Waals surface area contributed by atoms with E-state index in [1.54, 1.807) is 5.38 Å². The summed E-state index contributed by atoms with van der Waals surface area (Å²) in [5.41, 5.74) is 6.03. The Balaban J connectivity index is 2.03. The maximum Gasteiger partial charge on any atom is 0.308 e. The molecule has 1 aromatic heterocycles. The molecule has 1 heterocycles. The van der Waals surface area contributed by atoms with Gasteiger partial charge in [0.05, 0.1) is 12.0 Å². The minimum atomic E-state index is -0.843. The number of rotatable bonds is 4. The molecule has 0 bridgehead atoms. The number of thiazole rings is 1. The summed E-state index contributed by atoms with van der Waals surface area (Å²) >= 11 is 1.34. The molecule has 2 rings (SSSR count). The number of amides is 1.